The van der Waals surface area contributed by atoms with Crippen LogP contribution in [0.1, 0.15) is 29.3 Å². The minimum absolute atomic E-state index is 0. The number of hydrogen-bond donors (Lipinski definition) is 2. The maximum absolute atomic E-state index is 15.0. The van der Waals surface area contributed by atoms with Crippen LogP contribution in [0.4, 0.5) is 14.6 Å². The summed E-state index contributed by atoms with van der Waals surface area (Å²) in [5.41, 5.74) is 4.46. The SMILES string of the molecule is CCOc1ccn(-c2ccc(F)c(OCCC(P(=O)([O-])[O-])P(=O)([O-])O)c2)c(=O)c1C(=O)Cc1ccc(Oc2ccnc(N)c2Cl)c(F)c1.[Na+].[Na+].[Na+].[Na+]. The Balaban J connectivity index is 0.00000650. The van der Waals surface area contributed by atoms with Gasteiger partial charge in [-0.2, -0.15) is 0 Å². The van der Waals surface area contributed by atoms with Gasteiger partial charge in [-0.3, -0.25) is 14.2 Å². The van der Waals surface area contributed by atoms with Gasteiger partial charge in [0.1, 0.15) is 29.7 Å². The summed E-state index contributed by atoms with van der Waals surface area (Å²) in [4.78, 5) is 73.8. The van der Waals surface area contributed by atoms with Gasteiger partial charge in [-0.1, -0.05) is 25.3 Å². The summed E-state index contributed by atoms with van der Waals surface area (Å²) < 4.78 is 69.1. The molecule has 52 heavy (non-hydrogen) atoms. The first-order valence-corrected chi connectivity index (χ1v) is 17.4. The number of pyridine rings is 2. The van der Waals surface area contributed by atoms with Gasteiger partial charge in [0.15, 0.2) is 34.7 Å². The third-order valence-electron chi connectivity index (χ3n) is 6.66. The van der Waals surface area contributed by atoms with E-state index in [1.165, 1.54) is 36.7 Å². The van der Waals surface area contributed by atoms with Gasteiger partial charge in [0, 0.05) is 30.9 Å². The van der Waals surface area contributed by atoms with Crippen molar-refractivity contribution >= 4 is 38.4 Å². The molecule has 14 nitrogen and oxygen atoms in total. The summed E-state index contributed by atoms with van der Waals surface area (Å²) in [6, 6.07) is 9.40. The summed E-state index contributed by atoms with van der Waals surface area (Å²) in [6.45, 7) is 0.871. The van der Waals surface area contributed by atoms with Crippen LogP contribution in [0, 0.1) is 11.6 Å². The standard InChI is InChI=1S/C29H28ClF2N3O11P2.4Na/c1-2-44-22-8-11-35(17-4-5-18(31)24(15-17)45-12-9-25(47(38,39)40)48(41,42)43)29(37)26(22)20(36)14-16-3-6-21(19(32)13-16)46-23-7-10-34-28(33)27(23)30;;;;/h3-8,10-11,13,15,25H,2,9,12,14H2,1H3,(H2,33,34)(H2,38,39,40)(H2,41,42,43);;;;/q;4*+1/p-3. The Kier molecular flexibility index (Phi) is 22.5. The van der Waals surface area contributed by atoms with Crippen LogP contribution in [0.2, 0.25) is 5.02 Å². The molecule has 4 aromatic rings. The molecule has 4 rings (SSSR count). The van der Waals surface area contributed by atoms with E-state index >= 15 is 0 Å². The van der Waals surface area contributed by atoms with Crippen LogP contribution in [0.25, 0.3) is 5.69 Å². The van der Waals surface area contributed by atoms with E-state index in [9.17, 15) is 42.2 Å². The van der Waals surface area contributed by atoms with E-state index in [1.807, 2.05) is 0 Å². The predicted octanol–water partition coefficient (Wildman–Crippen LogP) is -9.07. The van der Waals surface area contributed by atoms with Gasteiger partial charge >= 0.3 is 118 Å². The first-order valence-electron chi connectivity index (χ1n) is 13.8. The average molecular weight is 819 g/mol. The normalized spacial score (nSPS) is 12.4. The maximum atomic E-state index is 15.0. The second-order valence-corrected chi connectivity index (χ2v) is 14.2. The summed E-state index contributed by atoms with van der Waals surface area (Å²) in [6.07, 6.45) is 1.09. The fraction of sp³-hybridized carbons (Fsp3) is 0.207. The Morgan fingerprint density at radius 3 is 2.23 bits per heavy atom. The number of halogens is 3. The fourth-order valence-corrected chi connectivity index (χ4v) is 6.86. The zero-order chi connectivity index (χ0) is 35.4. The number of ether oxygens (including phenoxy) is 3. The number of anilines is 1. The zero-order valence-electron chi connectivity index (χ0n) is 28.7. The van der Waals surface area contributed by atoms with E-state index in [1.54, 1.807) is 6.92 Å². The van der Waals surface area contributed by atoms with Crippen molar-refractivity contribution in [2.45, 2.75) is 25.2 Å². The van der Waals surface area contributed by atoms with Crippen molar-refractivity contribution in [2.24, 2.45) is 0 Å². The van der Waals surface area contributed by atoms with Crippen molar-refractivity contribution in [3.63, 3.8) is 0 Å². The van der Waals surface area contributed by atoms with Crippen molar-refractivity contribution in [1.82, 2.24) is 9.55 Å². The molecule has 23 heteroatoms. The quantitative estimate of drug-likeness (QED) is 0.0686. The Bertz CT molecular complexity index is 2000. The molecule has 0 aliphatic heterocycles. The Morgan fingerprint density at radius 1 is 0.962 bits per heavy atom. The molecule has 0 aliphatic rings. The van der Waals surface area contributed by atoms with Crippen LogP contribution in [0.15, 0.2) is 65.7 Å². The van der Waals surface area contributed by atoms with Crippen LogP contribution >= 0.6 is 26.8 Å². The molecular weight excluding hydrogens is 794 g/mol. The number of nitrogens with zero attached hydrogens (tertiary/aromatic N) is 2. The Morgan fingerprint density at radius 2 is 1.63 bits per heavy atom. The molecule has 3 N–H and O–H groups in total. The van der Waals surface area contributed by atoms with E-state index in [0.717, 1.165) is 28.8 Å². The van der Waals surface area contributed by atoms with Crippen LogP contribution in [-0.2, 0) is 15.6 Å². The van der Waals surface area contributed by atoms with Crippen molar-refractivity contribution in [1.29, 1.82) is 0 Å². The Hall–Kier alpha value is -0.140. The molecule has 0 fully saturated rings. The number of benzene rings is 2. The first kappa shape index (κ1) is 51.9. The van der Waals surface area contributed by atoms with E-state index < -0.39 is 74.3 Å². The molecule has 0 radical (unpaired) electrons. The molecule has 0 amide bonds. The largest absolute Gasteiger partial charge is 1.00 e. The van der Waals surface area contributed by atoms with Crippen LogP contribution in [-0.4, -0.2) is 38.8 Å². The number of rotatable bonds is 14. The monoisotopic (exact) mass is 818 g/mol. The van der Waals surface area contributed by atoms with Crippen LogP contribution < -0.4 is 158 Å². The van der Waals surface area contributed by atoms with E-state index in [4.69, 9.17) is 36.4 Å². The van der Waals surface area contributed by atoms with Crippen molar-refractivity contribution in [3.8, 4) is 28.7 Å². The van der Waals surface area contributed by atoms with Gasteiger partial charge < -0.3 is 48.6 Å². The molecule has 256 valence electrons. The second-order valence-electron chi connectivity index (χ2n) is 9.97. The molecule has 0 bridgehead atoms. The average Bonchev–Trinajstić information content (AvgIpc) is 2.99. The van der Waals surface area contributed by atoms with E-state index in [2.05, 4.69) is 4.98 Å². The number of carbonyl (C=O) groups excluding carboxylic acids is 1. The smallest absolute Gasteiger partial charge is 0.810 e. The summed E-state index contributed by atoms with van der Waals surface area (Å²) in [5.74, 6) is -3.47. The maximum Gasteiger partial charge on any atom is 1.00 e. The summed E-state index contributed by atoms with van der Waals surface area (Å²) >= 11 is 6.05. The number of nitrogens with two attached hydrogens (primary N) is 1. The molecule has 0 spiro atoms. The molecule has 2 atom stereocenters. The Labute approximate surface area is 389 Å². The minimum Gasteiger partial charge on any atom is -0.810 e. The molecular formula is C29H25ClF2N3Na4O11P2+. The molecule has 0 saturated heterocycles. The van der Waals surface area contributed by atoms with Gasteiger partial charge in [-0.25, -0.2) is 13.8 Å². The number of nitrogen functional groups attached to an aromatic ring is 1. The topological polar surface area (TPSA) is 229 Å². The van der Waals surface area contributed by atoms with Gasteiger partial charge in [-0.05, 0) is 49.2 Å². The fourth-order valence-electron chi connectivity index (χ4n) is 4.43. The van der Waals surface area contributed by atoms with Crippen molar-refractivity contribution in [3.05, 3.63) is 99.1 Å². The third kappa shape index (κ3) is 13.5. The summed E-state index contributed by atoms with van der Waals surface area (Å²) in [7, 11) is -11.4. The number of aromatic nitrogens is 2. The first-order chi connectivity index (χ1) is 22.5. The number of ketones is 1. The van der Waals surface area contributed by atoms with Gasteiger partial charge in [0.2, 0.25) is 0 Å². The molecule has 2 unspecified atom stereocenters. The summed E-state index contributed by atoms with van der Waals surface area (Å²) in [5, 5.41) is -2.73. The zero-order valence-corrected chi connectivity index (χ0v) is 39.3. The van der Waals surface area contributed by atoms with Crippen LogP contribution in [0.5, 0.6) is 23.0 Å². The molecule has 2 heterocycles. The van der Waals surface area contributed by atoms with Crippen LogP contribution in [0.3, 0.4) is 0 Å². The molecule has 0 saturated carbocycles. The molecule has 2 aromatic heterocycles. The van der Waals surface area contributed by atoms with Gasteiger partial charge in [-0.15, -0.1) is 0 Å². The van der Waals surface area contributed by atoms with E-state index in [0.29, 0.717) is 0 Å². The number of Topliss-reactive ketones (excluding diaryl/α,β-unsaturated/α-hetero) is 1. The number of carbonyl (C=O) groups is 1. The minimum atomic E-state index is -5.80. The van der Waals surface area contributed by atoms with Crippen molar-refractivity contribution in [2.75, 3.05) is 18.9 Å². The molecule has 0 aliphatic carbocycles. The second kappa shape index (κ2) is 22.6. The number of hydrogen-bond acceptors (Lipinski definition) is 12. The predicted molar refractivity (Wildman–Crippen MR) is 163 cm³/mol. The van der Waals surface area contributed by atoms with E-state index in [-0.39, 0.29) is 164 Å². The van der Waals surface area contributed by atoms with Gasteiger partial charge in [0.05, 0.1) is 24.3 Å². The van der Waals surface area contributed by atoms with Crippen molar-refractivity contribution < 1.29 is 175 Å². The third-order valence-corrected chi connectivity index (χ3v) is 10.8. The molecule has 2 aromatic carbocycles. The van der Waals surface area contributed by atoms with Gasteiger partial charge in [0.25, 0.3) is 5.56 Å².